The van der Waals surface area contributed by atoms with E-state index < -0.39 is 77.1 Å². The van der Waals surface area contributed by atoms with Crippen molar-refractivity contribution in [3.8, 4) is 11.5 Å². The van der Waals surface area contributed by atoms with Crippen LogP contribution >= 0.6 is 0 Å². The van der Waals surface area contributed by atoms with Gasteiger partial charge in [-0.25, -0.2) is 4.79 Å². The molecule has 1 aliphatic heterocycles. The fourth-order valence-electron chi connectivity index (χ4n) is 15.8. The molecule has 1 heterocycles. The second kappa shape index (κ2) is 38.6. The molecular formula is C77H108N8O19. The number of anilines is 1. The minimum Gasteiger partial charge on any atom is -0.508 e. The van der Waals surface area contributed by atoms with Crippen molar-refractivity contribution in [2.24, 2.45) is 28.6 Å². The van der Waals surface area contributed by atoms with E-state index in [0.29, 0.717) is 49.1 Å². The highest BCUT2D eigenvalue weighted by molar-refractivity contribution is 6.13. The number of carbonyl (C=O) groups excluding carboxylic acids is 10. The van der Waals surface area contributed by atoms with Crippen LogP contribution < -0.4 is 42.0 Å². The molecule has 0 radical (unpaired) electrons. The van der Waals surface area contributed by atoms with Crippen molar-refractivity contribution in [1.29, 1.82) is 0 Å². The summed E-state index contributed by atoms with van der Waals surface area (Å²) in [6.45, 7) is 13.4. The van der Waals surface area contributed by atoms with Crippen molar-refractivity contribution >= 4 is 64.9 Å². The summed E-state index contributed by atoms with van der Waals surface area (Å²) in [6, 6.07) is 15.9. The molecule has 27 heteroatoms. The number of benzene rings is 3. The standard InChI is InChI=1S/C77H108N8O19/c1-50(2)68(83-69(94)60(22-25-63(89)78-33-8-7-11-56(88)48-86)82-64(90)28-36-99-39-41-101-43-44-102-42-40-100-38-35-85-66(92)26-27-67(85)93)70(95)80-47-65(91)81-54-18-12-51(13-19-54)49-104-73(98)79-34-37-103-57-21-15-53-17-24-62-75(4,59(53)46-57)30-10-32-77(62,6)72(97)84-71(96)76(5)31-9-29-74(3)58-45-55(87)20-14-52(58)16-23-61(74)76/h12-15,18-21,26-27,45-46,50,56,60-62,68,86-88H,7-11,16-17,22-25,28-44,47-49H2,1-6H3,(H,78,89)(H,79,98)(H,80,95)(H,81,91)(H,82,90)(H,83,94)(H,84,96,97)/t56-,60-,61?,62-,68?,74-,75-,76+,77+/m1/s1. The average molecular weight is 1450 g/mol. The number of phenolic OH excluding ortho intramolecular Hbond substituents is 1. The van der Waals surface area contributed by atoms with Gasteiger partial charge in [0.1, 0.15) is 36.8 Å². The maximum atomic E-state index is 14.7. The van der Waals surface area contributed by atoms with Gasteiger partial charge in [-0.2, -0.15) is 0 Å². The number of imide groups is 2. The first-order chi connectivity index (χ1) is 49.8. The molecule has 9 atom stereocenters. The predicted molar refractivity (Wildman–Crippen MR) is 383 cm³/mol. The van der Waals surface area contributed by atoms with Crippen molar-refractivity contribution in [3.63, 3.8) is 0 Å². The number of ether oxygens (including phenoxy) is 6. The maximum Gasteiger partial charge on any atom is 0.407 e. The van der Waals surface area contributed by atoms with Crippen LogP contribution in [0.3, 0.4) is 0 Å². The van der Waals surface area contributed by atoms with E-state index in [-0.39, 0.29) is 164 Å². The summed E-state index contributed by atoms with van der Waals surface area (Å²) in [4.78, 5) is 133. The summed E-state index contributed by atoms with van der Waals surface area (Å²) < 4.78 is 33.6. The highest BCUT2D eigenvalue weighted by atomic mass is 16.6. The summed E-state index contributed by atoms with van der Waals surface area (Å²) in [6.07, 6.45) is 10.0. The quantitative estimate of drug-likeness (QED) is 0.0247. The largest absolute Gasteiger partial charge is 0.508 e. The lowest BCUT2D eigenvalue weighted by molar-refractivity contribution is -0.150. The van der Waals surface area contributed by atoms with E-state index in [1.54, 1.807) is 44.2 Å². The Hall–Kier alpha value is -8.34. The van der Waals surface area contributed by atoms with Crippen molar-refractivity contribution < 1.29 is 91.7 Å². The van der Waals surface area contributed by atoms with Gasteiger partial charge in [0.15, 0.2) is 0 Å². The molecule has 570 valence electrons. The van der Waals surface area contributed by atoms with Gasteiger partial charge in [-0.1, -0.05) is 78.6 Å². The SMILES string of the molecule is CC(C)C(NC(=O)[C@@H](CCC(=O)NCCCC[C@@H](O)CO)NC(=O)CCOCCOCCOCCOCCN1C(=O)C=CC1=O)C(=O)NCC(=O)Nc1ccc(COC(=O)NCCOc2ccc3c(c2)[C@@]2(C)CCC[C@](C)(C(=O)NC(=O)[C@@]4(C)CCC[C@]5(C)c6cc(O)ccc6CCC45)[C@@H]2CC3)cc1. The van der Waals surface area contributed by atoms with E-state index in [2.05, 4.69) is 63.2 Å². The molecule has 0 saturated heterocycles. The van der Waals surface area contributed by atoms with Crippen LogP contribution in [0.1, 0.15) is 159 Å². The van der Waals surface area contributed by atoms with Gasteiger partial charge in [0, 0.05) is 37.2 Å². The molecule has 5 aliphatic rings. The van der Waals surface area contributed by atoms with Crippen LogP contribution in [0.2, 0.25) is 0 Å². The summed E-state index contributed by atoms with van der Waals surface area (Å²) >= 11 is 0. The number of rotatable bonds is 40. The second-order valence-electron chi connectivity index (χ2n) is 29.2. The molecule has 8 rings (SSSR count). The van der Waals surface area contributed by atoms with Crippen molar-refractivity contribution in [1.82, 2.24) is 36.8 Å². The van der Waals surface area contributed by atoms with E-state index in [1.807, 2.05) is 32.0 Å². The number of phenols is 1. The van der Waals surface area contributed by atoms with Gasteiger partial charge in [-0.05, 0) is 170 Å². The van der Waals surface area contributed by atoms with E-state index >= 15 is 0 Å². The Morgan fingerprint density at radius 3 is 1.80 bits per heavy atom. The zero-order valence-corrected chi connectivity index (χ0v) is 61.1. The first-order valence-electron chi connectivity index (χ1n) is 36.8. The molecule has 0 bridgehead atoms. The van der Waals surface area contributed by atoms with Gasteiger partial charge >= 0.3 is 6.09 Å². The van der Waals surface area contributed by atoms with Crippen molar-refractivity contribution in [2.75, 3.05) is 97.6 Å². The molecular weight excluding hydrogens is 1340 g/mol. The normalized spacial score (nSPS) is 22.5. The number of amides is 10. The van der Waals surface area contributed by atoms with E-state index in [1.165, 1.54) is 23.3 Å². The molecule has 10 amide bonds. The van der Waals surface area contributed by atoms with E-state index in [4.69, 9.17) is 33.5 Å². The second-order valence-corrected chi connectivity index (χ2v) is 29.2. The fourth-order valence-corrected chi connectivity index (χ4v) is 15.8. The molecule has 0 spiro atoms. The van der Waals surface area contributed by atoms with Crippen molar-refractivity contribution in [2.45, 2.75) is 180 Å². The van der Waals surface area contributed by atoms with Gasteiger partial charge in [0.2, 0.25) is 41.4 Å². The van der Waals surface area contributed by atoms with Crippen LogP contribution in [-0.2, 0) is 97.1 Å². The number of nitrogens with one attached hydrogen (secondary N) is 7. The molecule has 27 nitrogen and oxygen atoms in total. The number of unbranched alkanes of at least 4 members (excludes halogenated alkanes) is 1. The Bertz CT molecular complexity index is 3500. The molecule has 10 N–H and O–H groups in total. The van der Waals surface area contributed by atoms with E-state index in [0.717, 1.165) is 67.4 Å². The third-order valence-corrected chi connectivity index (χ3v) is 21.6. The third-order valence-electron chi connectivity index (χ3n) is 21.6. The summed E-state index contributed by atoms with van der Waals surface area (Å²) in [5.41, 5.74) is 3.52. The summed E-state index contributed by atoms with van der Waals surface area (Å²) in [5, 5.41) is 48.3. The van der Waals surface area contributed by atoms with Gasteiger partial charge in [0.05, 0.1) is 96.0 Å². The predicted octanol–water partition coefficient (Wildman–Crippen LogP) is 5.54. The number of hydrogen-bond acceptors (Lipinski definition) is 19. The molecule has 3 aromatic rings. The maximum absolute atomic E-state index is 14.7. The lowest BCUT2D eigenvalue weighted by atomic mass is 9.49. The Morgan fingerprint density at radius 2 is 1.19 bits per heavy atom. The molecule has 3 aromatic carbocycles. The minimum absolute atomic E-state index is 0.0185. The number of aromatic hydroxyl groups is 1. The van der Waals surface area contributed by atoms with Crippen LogP contribution in [0.4, 0.5) is 10.5 Å². The van der Waals surface area contributed by atoms with Crippen LogP contribution in [0.15, 0.2) is 72.8 Å². The topological polar surface area (TPSA) is 374 Å². The summed E-state index contributed by atoms with van der Waals surface area (Å²) in [7, 11) is 0. The van der Waals surface area contributed by atoms with Crippen LogP contribution in [0.5, 0.6) is 11.5 Å². The van der Waals surface area contributed by atoms with Crippen LogP contribution in [0, 0.1) is 28.6 Å². The van der Waals surface area contributed by atoms with Crippen molar-refractivity contribution in [3.05, 3.63) is 101 Å². The molecule has 2 fully saturated rings. The number of nitrogens with zero attached hydrogens (tertiary/aromatic N) is 1. The van der Waals surface area contributed by atoms with Gasteiger partial charge in [-0.15, -0.1) is 0 Å². The number of fused-ring (bicyclic) bond motifs is 6. The molecule has 2 saturated carbocycles. The monoisotopic (exact) mass is 1450 g/mol. The smallest absolute Gasteiger partial charge is 0.407 e. The first-order valence-corrected chi connectivity index (χ1v) is 36.8. The Morgan fingerprint density at radius 1 is 0.606 bits per heavy atom. The number of aryl methyl sites for hydroxylation is 2. The lowest BCUT2D eigenvalue weighted by Crippen LogP contribution is -2.60. The van der Waals surface area contributed by atoms with Gasteiger partial charge in [-0.3, -0.25) is 53.4 Å². The van der Waals surface area contributed by atoms with Gasteiger partial charge < -0.3 is 75.6 Å². The summed E-state index contributed by atoms with van der Waals surface area (Å²) in [5.74, 6) is -3.69. The van der Waals surface area contributed by atoms with E-state index in [9.17, 15) is 58.2 Å². The zero-order chi connectivity index (χ0) is 75.0. The lowest BCUT2D eigenvalue weighted by Gasteiger charge is -2.56. The average Bonchev–Trinajstić information content (AvgIpc) is 0.850. The number of carbonyl (C=O) groups is 10. The van der Waals surface area contributed by atoms with Gasteiger partial charge in [0.25, 0.3) is 11.8 Å². The Balaban J connectivity index is 0.725. The number of aliphatic hydroxyl groups is 2. The highest BCUT2D eigenvalue weighted by Crippen LogP contribution is 2.60. The zero-order valence-electron chi connectivity index (χ0n) is 61.1. The Labute approximate surface area is 609 Å². The fraction of sp³-hybridized carbons (Fsp3) is 0.610. The number of aliphatic hydroxyl groups excluding tert-OH is 2. The molecule has 4 aliphatic carbocycles. The minimum atomic E-state index is -1.24. The highest BCUT2D eigenvalue weighted by Gasteiger charge is 2.59. The molecule has 0 aromatic heterocycles. The molecule has 2 unspecified atom stereocenters. The Kier molecular flexibility index (Phi) is 30.2. The third kappa shape index (κ3) is 21.9. The molecule has 104 heavy (non-hydrogen) atoms. The first kappa shape index (κ1) is 81.3. The number of alkyl carbamates (subject to hydrolysis) is 1. The number of hydrogen-bond donors (Lipinski definition) is 10. The van der Waals surface area contributed by atoms with Crippen LogP contribution in [0.25, 0.3) is 0 Å². The van der Waals surface area contributed by atoms with Crippen LogP contribution in [-0.4, -0.2) is 190 Å².